The van der Waals surface area contributed by atoms with E-state index >= 15 is 0 Å². The zero-order valence-corrected chi connectivity index (χ0v) is 21.6. The van der Waals surface area contributed by atoms with Gasteiger partial charge in [-0.25, -0.2) is 4.79 Å². The molecule has 2 rings (SSSR count). The molecule has 0 aliphatic carbocycles. The number of nitrogens with zero attached hydrogens (tertiary/aromatic N) is 4. The zero-order chi connectivity index (χ0) is 30.6. The highest BCUT2D eigenvalue weighted by molar-refractivity contribution is 5.67. The molecule has 0 spiro atoms. The second-order valence-corrected chi connectivity index (χ2v) is 9.50. The summed E-state index contributed by atoms with van der Waals surface area (Å²) in [6.45, 7) is 3.95. The molecule has 0 N–H and O–H groups in total. The first-order valence-electron chi connectivity index (χ1n) is 14.6. The van der Waals surface area contributed by atoms with E-state index in [0.29, 0.717) is 19.6 Å². The van der Waals surface area contributed by atoms with Gasteiger partial charge in [-0.05, 0) is 60.0 Å². The van der Waals surface area contributed by atoms with Gasteiger partial charge in [0.2, 0.25) is 0 Å². The smallest absolute Gasteiger partial charge is 0.410 e. The molecule has 2 aromatic rings. The molecule has 34 heavy (non-hydrogen) atoms. The first-order valence-corrected chi connectivity index (χ1v) is 11.6. The molecular formula is C28H46N4O2. The van der Waals surface area contributed by atoms with Gasteiger partial charge in [0.05, 0.1) is 0 Å². The molecule has 0 saturated carbocycles. The Morgan fingerprint density at radius 2 is 1.24 bits per heavy atom. The van der Waals surface area contributed by atoms with Gasteiger partial charge in [0, 0.05) is 54.5 Å². The van der Waals surface area contributed by atoms with Crippen molar-refractivity contribution in [1.29, 1.82) is 0 Å². The summed E-state index contributed by atoms with van der Waals surface area (Å²) in [6.07, 6.45) is -0.814. The van der Waals surface area contributed by atoms with Crippen molar-refractivity contribution < 1.29 is 17.8 Å². The third-order valence-electron chi connectivity index (χ3n) is 4.73. The van der Waals surface area contributed by atoms with Gasteiger partial charge >= 0.3 is 6.09 Å². The molecule has 6 heteroatoms. The van der Waals surface area contributed by atoms with Gasteiger partial charge in [0.15, 0.2) is 0 Å². The van der Waals surface area contributed by atoms with E-state index in [0.717, 1.165) is 23.6 Å². The molecule has 0 bridgehead atoms. The summed E-state index contributed by atoms with van der Waals surface area (Å²) in [5.41, 5.74) is 1.65. The number of benzene rings is 2. The van der Waals surface area contributed by atoms with Gasteiger partial charge in [-0.1, -0.05) is 60.7 Å². The molecule has 6 nitrogen and oxygen atoms in total. The molecule has 190 valence electrons. The molecule has 0 aromatic heterocycles. The van der Waals surface area contributed by atoms with Crippen LogP contribution in [0.1, 0.15) is 40.1 Å². The first kappa shape index (κ1) is 20.9. The van der Waals surface area contributed by atoms with Gasteiger partial charge in [-0.15, -0.1) is 0 Å². The number of amides is 1. The Morgan fingerprint density at radius 1 is 0.765 bits per heavy atom. The summed E-state index contributed by atoms with van der Waals surface area (Å²) < 4.78 is 49.5. The van der Waals surface area contributed by atoms with Crippen molar-refractivity contribution in [2.75, 3.05) is 61.3 Å². The molecule has 0 unspecified atom stereocenters. The summed E-state index contributed by atoms with van der Waals surface area (Å²) in [5.74, 6) is 0. The summed E-state index contributed by atoms with van der Waals surface area (Å²) >= 11 is 0. The predicted molar refractivity (Wildman–Crippen MR) is 143 cm³/mol. The molecule has 0 saturated heterocycles. The van der Waals surface area contributed by atoms with E-state index in [2.05, 4.69) is 17.0 Å². The maximum absolute atomic E-state index is 12.1. The molecule has 2 aromatic carbocycles. The molecule has 0 heterocycles. The van der Waals surface area contributed by atoms with Gasteiger partial charge in [-0.3, -0.25) is 0 Å². The normalized spacial score (nSPS) is 14.7. The summed E-state index contributed by atoms with van der Waals surface area (Å²) in [7, 11) is 5.52. The predicted octanol–water partition coefficient (Wildman–Crippen LogP) is 4.67. The first-order chi connectivity index (χ1) is 18.4. The topological polar surface area (TPSA) is 39.3 Å². The number of rotatable bonds is 10. The Labute approximate surface area is 216 Å². The fourth-order valence-electron chi connectivity index (χ4n) is 2.95. The van der Waals surface area contributed by atoms with E-state index in [1.54, 1.807) is 27.8 Å². The van der Waals surface area contributed by atoms with Gasteiger partial charge in [-0.2, -0.15) is 0 Å². The molecule has 0 fully saturated rings. The number of carbonyl (C=O) groups is 1. The average Bonchev–Trinajstić information content (AvgIpc) is 2.81. The number of likely N-dealkylation sites (N-methyl/N-ethyl adjacent to an activating group) is 4. The van der Waals surface area contributed by atoms with Crippen LogP contribution in [-0.2, 0) is 17.8 Å². The third-order valence-corrected chi connectivity index (χ3v) is 4.73. The minimum absolute atomic E-state index is 0.0781. The van der Waals surface area contributed by atoms with Gasteiger partial charge in [0.25, 0.3) is 0 Å². The fourth-order valence-corrected chi connectivity index (χ4v) is 2.95. The van der Waals surface area contributed by atoms with Crippen molar-refractivity contribution >= 4 is 6.09 Å². The van der Waals surface area contributed by atoms with Crippen molar-refractivity contribution in [2.45, 2.75) is 39.5 Å². The third kappa shape index (κ3) is 14.7. The number of carbonyl (C=O) groups excluding carboxylic acids is 1. The van der Waals surface area contributed by atoms with Crippen LogP contribution in [0.5, 0.6) is 0 Å². The monoisotopic (exact) mass is 476 g/mol. The van der Waals surface area contributed by atoms with Crippen LogP contribution in [0.25, 0.3) is 0 Å². The lowest BCUT2D eigenvalue weighted by molar-refractivity contribution is 0.0286. The highest BCUT2D eigenvalue weighted by Gasteiger charge is 2.19. The molecule has 0 atom stereocenters. The number of hydrogen-bond donors (Lipinski definition) is 0. The van der Waals surface area contributed by atoms with Crippen LogP contribution in [0.2, 0.25) is 0 Å². The van der Waals surface area contributed by atoms with Crippen LogP contribution in [0.4, 0.5) is 4.79 Å². The van der Waals surface area contributed by atoms with Crippen LogP contribution in [0.3, 0.4) is 0 Å². The van der Waals surface area contributed by atoms with Crippen LogP contribution in [0, 0.1) is 0 Å². The van der Waals surface area contributed by atoms with Crippen molar-refractivity contribution in [3.8, 4) is 0 Å². The zero-order valence-electron chi connectivity index (χ0n) is 27.6. The summed E-state index contributed by atoms with van der Waals surface area (Å²) in [4.78, 5) is 18.4. The van der Waals surface area contributed by atoms with E-state index in [1.165, 1.54) is 10.5 Å². The summed E-state index contributed by atoms with van der Waals surface area (Å²) in [6, 6.07) is 20.0. The fraction of sp³-hybridized carbons (Fsp3) is 0.536. The second-order valence-electron chi connectivity index (χ2n) is 9.50. The molecular weight excluding hydrogens is 424 g/mol. The van der Waals surface area contributed by atoms with E-state index in [1.807, 2.05) is 67.5 Å². The SMILES string of the molecule is [2H]C([2H])([2H])N(C)CCN(C)Cc1ccccc1.[2H]C([2H])([2H])N(CCN(C)Cc1ccccc1)C(=O)OC(C)(C)C. The van der Waals surface area contributed by atoms with E-state index in [4.69, 9.17) is 13.0 Å². The maximum Gasteiger partial charge on any atom is 0.410 e. The van der Waals surface area contributed by atoms with E-state index < -0.39 is 25.6 Å². The van der Waals surface area contributed by atoms with Crippen molar-refractivity contribution in [3.63, 3.8) is 0 Å². The lowest BCUT2D eigenvalue weighted by Crippen LogP contribution is -2.38. The van der Waals surface area contributed by atoms with Crippen LogP contribution >= 0.6 is 0 Å². The second kappa shape index (κ2) is 15.5. The van der Waals surface area contributed by atoms with Crippen molar-refractivity contribution in [2.24, 2.45) is 0 Å². The van der Waals surface area contributed by atoms with Crippen LogP contribution in [-0.4, -0.2) is 92.6 Å². The van der Waals surface area contributed by atoms with E-state index in [-0.39, 0.29) is 6.54 Å². The Morgan fingerprint density at radius 3 is 1.65 bits per heavy atom. The molecule has 1 amide bonds. The number of ether oxygens (including phenoxy) is 1. The molecule has 0 aliphatic heterocycles. The van der Waals surface area contributed by atoms with Gasteiger partial charge < -0.3 is 24.3 Å². The van der Waals surface area contributed by atoms with Crippen LogP contribution < -0.4 is 0 Å². The summed E-state index contributed by atoms with van der Waals surface area (Å²) in [5, 5.41) is 0. The van der Waals surface area contributed by atoms with E-state index in [9.17, 15) is 4.79 Å². The maximum atomic E-state index is 12.1. The van der Waals surface area contributed by atoms with Crippen molar-refractivity contribution in [1.82, 2.24) is 19.6 Å². The van der Waals surface area contributed by atoms with Crippen molar-refractivity contribution in [3.05, 3.63) is 71.8 Å². The minimum Gasteiger partial charge on any atom is -0.444 e. The van der Waals surface area contributed by atoms with Gasteiger partial charge in [0.1, 0.15) is 5.60 Å². The molecule has 0 aliphatic rings. The average molecular weight is 477 g/mol. The highest BCUT2D eigenvalue weighted by Crippen LogP contribution is 2.09. The Kier molecular flexibility index (Phi) is 9.53. The lowest BCUT2D eigenvalue weighted by atomic mass is 10.2. The Bertz CT molecular complexity index is 982. The quantitative estimate of drug-likeness (QED) is 0.498. The lowest BCUT2D eigenvalue weighted by Gasteiger charge is -2.26. The standard InChI is InChI=1S/C16H26N2O2.C12H20N2/c1-16(2,3)20-15(19)18(5)12-11-17(4)13-14-9-7-6-8-10-14;1-13(2)9-10-14(3)11-12-7-5-4-6-8-12/h6-10H,11-13H2,1-5H3;4-8H,9-11H2,1-3H3/i5D3;1D3. The highest BCUT2D eigenvalue weighted by atomic mass is 16.6. The Balaban J connectivity index is 0.000000418. The number of hydrogen-bond acceptors (Lipinski definition) is 5. The Hall–Kier alpha value is -2.41. The van der Waals surface area contributed by atoms with Crippen LogP contribution in [0.15, 0.2) is 60.7 Å². The minimum atomic E-state index is -2.52. The molecule has 0 radical (unpaired) electrons. The largest absolute Gasteiger partial charge is 0.444 e.